The van der Waals surface area contributed by atoms with Crippen LogP contribution < -0.4 is 12.5 Å². The van der Waals surface area contributed by atoms with Crippen molar-refractivity contribution in [2.45, 2.75) is 0 Å². The van der Waals surface area contributed by atoms with E-state index in [-0.39, 0.29) is 0 Å². The number of rotatable bonds is 3. The maximum absolute atomic E-state index is 7.29. The van der Waals surface area contributed by atoms with E-state index < -0.39 is 13.8 Å². The molecule has 0 bridgehead atoms. The first kappa shape index (κ1) is 13.6. The van der Waals surface area contributed by atoms with Crippen molar-refractivity contribution in [2.24, 2.45) is 0 Å². The van der Waals surface area contributed by atoms with Crippen LogP contribution in [0.4, 0.5) is 0 Å². The fourth-order valence-corrected chi connectivity index (χ4v) is 8.79. The van der Waals surface area contributed by atoms with E-state index in [9.17, 15) is 0 Å². The Balaban J connectivity index is 2.24. The van der Waals surface area contributed by atoms with E-state index in [0.29, 0.717) is 0 Å². The van der Waals surface area contributed by atoms with Gasteiger partial charge in [0.15, 0.2) is 0 Å². The van der Waals surface area contributed by atoms with Gasteiger partial charge < -0.3 is 0 Å². The first-order chi connectivity index (χ1) is 9.82. The van der Waals surface area contributed by atoms with Gasteiger partial charge in [0, 0.05) is 0 Å². The van der Waals surface area contributed by atoms with Crippen LogP contribution in [-0.4, -0.2) is 0 Å². The quantitative estimate of drug-likeness (QED) is 0.623. The van der Waals surface area contributed by atoms with E-state index in [1.54, 1.807) is 0 Å². The Hall–Kier alpha value is -1.43. The van der Waals surface area contributed by atoms with Gasteiger partial charge in [-0.2, -0.15) is 0 Å². The summed E-state index contributed by atoms with van der Waals surface area (Å²) in [6.07, 6.45) is 0. The number of hydrogen-bond acceptors (Lipinski definition) is 0. The summed E-state index contributed by atoms with van der Waals surface area (Å²) in [5, 5.41) is 0. The van der Waals surface area contributed by atoms with Gasteiger partial charge in [-0.05, 0) is 0 Å². The number of benzene rings is 3. The summed E-state index contributed by atoms with van der Waals surface area (Å²) in [6.45, 7) is 0. The van der Waals surface area contributed by atoms with Gasteiger partial charge in [0.25, 0.3) is 0 Å². The van der Waals surface area contributed by atoms with Crippen molar-refractivity contribution in [3.63, 3.8) is 0 Å². The van der Waals surface area contributed by atoms with Crippen LogP contribution in [-0.2, 0) is 13.8 Å². The molecule has 0 aliphatic carbocycles. The topological polar surface area (TPSA) is 0 Å². The van der Waals surface area contributed by atoms with E-state index in [4.69, 9.17) is 9.69 Å². The van der Waals surface area contributed by atoms with Gasteiger partial charge in [-0.15, -0.1) is 0 Å². The van der Waals surface area contributed by atoms with Crippen LogP contribution >= 0.6 is 9.69 Å². The normalized spacial score (nSPS) is 12.1. The van der Waals surface area contributed by atoms with E-state index in [0.717, 1.165) is 0 Å². The third-order valence-electron chi connectivity index (χ3n) is 3.02. The predicted molar refractivity (Wildman–Crippen MR) is 84.1 cm³/mol. The molecule has 0 aromatic heterocycles. The van der Waals surface area contributed by atoms with Crippen molar-refractivity contribution in [3.05, 3.63) is 91.0 Å². The number of hydrogen-bond donors (Lipinski definition) is 0. The molecule has 0 heterocycles. The zero-order chi connectivity index (χ0) is 13.8. The Bertz CT molecular complexity index is 569. The Morgan fingerprint density at radius 3 is 0.950 bits per heavy atom. The van der Waals surface area contributed by atoms with Gasteiger partial charge in [0.1, 0.15) is 0 Å². The summed E-state index contributed by atoms with van der Waals surface area (Å²) < 4.78 is 3.76. The molecule has 102 valence electrons. The minimum atomic E-state index is -2.80. The molecule has 0 N–H and O–H groups in total. The zero-order valence-electron chi connectivity index (χ0n) is 10.9. The molecule has 0 saturated heterocycles. The summed E-state index contributed by atoms with van der Waals surface area (Å²) in [7, 11) is 7.29. The van der Waals surface area contributed by atoms with Crippen molar-refractivity contribution in [3.8, 4) is 0 Å². The van der Waals surface area contributed by atoms with E-state index in [2.05, 4.69) is 72.8 Å². The Morgan fingerprint density at radius 2 is 0.700 bits per heavy atom. The van der Waals surface area contributed by atoms with Gasteiger partial charge in [-0.3, -0.25) is 0 Å². The SMILES string of the molecule is [Cl][Ru]([c]1ccccc1)([c]1ccccc1)[c]1ccccc1. The minimum absolute atomic E-state index is 1.25. The molecule has 0 radical (unpaired) electrons. The molecule has 0 aliphatic heterocycles. The first-order valence-corrected chi connectivity index (χ1v) is 11.2. The third-order valence-corrected chi connectivity index (χ3v) is 11.6. The molecule has 0 aliphatic rings. The molecule has 0 fully saturated rings. The molecule has 20 heavy (non-hydrogen) atoms. The van der Waals surface area contributed by atoms with Crippen LogP contribution in [0, 0.1) is 0 Å². The second-order valence-electron chi connectivity index (χ2n) is 4.31. The zero-order valence-corrected chi connectivity index (χ0v) is 13.4. The molecular weight excluding hydrogens is 353 g/mol. The van der Waals surface area contributed by atoms with Crippen LogP contribution in [0.2, 0.25) is 0 Å². The van der Waals surface area contributed by atoms with Crippen LogP contribution in [0.1, 0.15) is 0 Å². The van der Waals surface area contributed by atoms with Gasteiger partial charge >= 0.3 is 127 Å². The number of halogens is 1. The van der Waals surface area contributed by atoms with Crippen molar-refractivity contribution in [2.75, 3.05) is 0 Å². The first-order valence-electron chi connectivity index (χ1n) is 6.40. The maximum atomic E-state index is 7.29. The molecule has 2 heteroatoms. The average Bonchev–Trinajstić information content (AvgIpc) is 2.56. The van der Waals surface area contributed by atoms with Gasteiger partial charge in [-0.25, -0.2) is 0 Å². The molecule has 3 rings (SSSR count). The molecule has 0 unspecified atom stereocenters. The van der Waals surface area contributed by atoms with Crippen LogP contribution in [0.3, 0.4) is 0 Å². The van der Waals surface area contributed by atoms with Crippen LogP contribution in [0.25, 0.3) is 0 Å². The molecule has 0 saturated carbocycles. The van der Waals surface area contributed by atoms with Crippen molar-refractivity contribution >= 4 is 22.2 Å². The summed E-state index contributed by atoms with van der Waals surface area (Å²) in [5.74, 6) is 0. The molecule has 0 amide bonds. The van der Waals surface area contributed by atoms with Crippen LogP contribution in [0.15, 0.2) is 91.0 Å². The van der Waals surface area contributed by atoms with Gasteiger partial charge in [-0.1, -0.05) is 0 Å². The Morgan fingerprint density at radius 1 is 0.450 bits per heavy atom. The van der Waals surface area contributed by atoms with Crippen LogP contribution in [0.5, 0.6) is 0 Å². The molecule has 0 atom stereocenters. The third kappa shape index (κ3) is 2.44. The molecular formula is C18H15ClRu. The fraction of sp³-hybridized carbons (Fsp3) is 0. The molecule has 3 aromatic carbocycles. The summed E-state index contributed by atoms with van der Waals surface area (Å²) in [5.41, 5.74) is 0. The van der Waals surface area contributed by atoms with E-state index in [1.807, 2.05) is 18.2 Å². The standard InChI is InChI=1S/3C6H5.ClH.Ru/c3*1-2-4-6-5-3-1;;/h3*1-5H;1H;/q;;;;+1/p-1. The van der Waals surface area contributed by atoms with Gasteiger partial charge in [0.05, 0.1) is 0 Å². The van der Waals surface area contributed by atoms with Crippen molar-refractivity contribution in [1.82, 2.24) is 0 Å². The average molecular weight is 368 g/mol. The van der Waals surface area contributed by atoms with Gasteiger partial charge in [0.2, 0.25) is 0 Å². The summed E-state index contributed by atoms with van der Waals surface area (Å²) in [6, 6.07) is 31.4. The second-order valence-corrected chi connectivity index (χ2v) is 12.0. The Labute approximate surface area is 126 Å². The monoisotopic (exact) mass is 368 g/mol. The Kier molecular flexibility index (Phi) is 4.01. The molecule has 0 nitrogen and oxygen atoms in total. The molecule has 3 aromatic rings. The summed E-state index contributed by atoms with van der Waals surface area (Å²) in [4.78, 5) is 0. The molecule has 0 spiro atoms. The van der Waals surface area contributed by atoms with Crippen molar-refractivity contribution in [1.29, 1.82) is 0 Å². The van der Waals surface area contributed by atoms with E-state index >= 15 is 0 Å². The second kappa shape index (κ2) is 5.91. The fourth-order valence-electron chi connectivity index (χ4n) is 2.07. The van der Waals surface area contributed by atoms with Crippen molar-refractivity contribution < 1.29 is 13.8 Å². The predicted octanol–water partition coefficient (Wildman–Crippen LogP) is 3.27. The summed E-state index contributed by atoms with van der Waals surface area (Å²) >= 11 is -2.80. The van der Waals surface area contributed by atoms with E-state index in [1.165, 1.54) is 12.5 Å².